The Kier molecular flexibility index (Phi) is 5.33. The summed E-state index contributed by atoms with van der Waals surface area (Å²) in [6.45, 7) is 0.138. The molecule has 0 saturated carbocycles. The van der Waals surface area contributed by atoms with Crippen LogP contribution in [0.5, 0.6) is 17.2 Å². The molecular formula is C32H25NO6. The highest BCUT2D eigenvalue weighted by Gasteiger charge is 2.48. The number of phenolic OH excluding ortho intramolecular Hbond substituents is 1. The Morgan fingerprint density at radius 3 is 2.54 bits per heavy atom. The number of hydrogen-bond donors (Lipinski definition) is 2. The van der Waals surface area contributed by atoms with E-state index >= 15 is 0 Å². The summed E-state index contributed by atoms with van der Waals surface area (Å²) in [7, 11) is 1.32. The van der Waals surface area contributed by atoms with Crippen molar-refractivity contribution in [2.24, 2.45) is 5.92 Å². The molecular weight excluding hydrogens is 494 g/mol. The number of methoxy groups -OCH3 is 1. The summed E-state index contributed by atoms with van der Waals surface area (Å²) in [6.07, 6.45) is 0.432. The van der Waals surface area contributed by atoms with E-state index in [-0.39, 0.29) is 18.3 Å². The Bertz CT molecular complexity index is 1690. The zero-order valence-electron chi connectivity index (χ0n) is 21.1. The van der Waals surface area contributed by atoms with Crippen LogP contribution in [0.4, 0.5) is 5.69 Å². The maximum absolute atomic E-state index is 14.5. The van der Waals surface area contributed by atoms with E-state index in [9.17, 15) is 14.7 Å². The van der Waals surface area contributed by atoms with Gasteiger partial charge in [0.2, 0.25) is 6.79 Å². The van der Waals surface area contributed by atoms with Gasteiger partial charge in [0, 0.05) is 28.8 Å². The molecule has 0 amide bonds. The highest BCUT2D eigenvalue weighted by molar-refractivity contribution is 6.13. The van der Waals surface area contributed by atoms with Gasteiger partial charge in [0.25, 0.3) is 0 Å². The van der Waals surface area contributed by atoms with E-state index in [2.05, 4.69) is 17.4 Å². The third kappa shape index (κ3) is 3.65. The minimum absolute atomic E-state index is 0.138. The van der Waals surface area contributed by atoms with E-state index in [0.717, 1.165) is 38.8 Å². The van der Waals surface area contributed by atoms with Crippen molar-refractivity contribution in [3.63, 3.8) is 0 Å². The molecule has 0 aromatic heterocycles. The number of esters is 1. The van der Waals surface area contributed by atoms with Crippen molar-refractivity contribution in [3.8, 4) is 17.2 Å². The standard InChI is InChI=1S/C32H25NO6/c1-37-32(36)29-22(19-9-13-25-26(14-19)39-16-38-25)15-24-30(31(29)35)27(18-6-10-20(34)11-7-18)28-21-5-3-2-4-17(21)8-12-23(28)33-24/h2-14,22,27,29,33-34H,15-16H2,1H3/t22-,27+,29+/m0/s1. The molecule has 2 N–H and O–H groups in total. The number of carbonyl (C=O) groups excluding carboxylic acids is 2. The minimum Gasteiger partial charge on any atom is -0.508 e. The summed E-state index contributed by atoms with van der Waals surface area (Å²) < 4.78 is 16.2. The number of anilines is 1. The second-order valence-electron chi connectivity index (χ2n) is 10.1. The summed E-state index contributed by atoms with van der Waals surface area (Å²) >= 11 is 0. The van der Waals surface area contributed by atoms with Gasteiger partial charge in [-0.3, -0.25) is 9.59 Å². The number of carbonyl (C=O) groups is 2. The van der Waals surface area contributed by atoms with Crippen LogP contribution in [0.25, 0.3) is 10.8 Å². The first kappa shape index (κ1) is 23.3. The fourth-order valence-electron chi connectivity index (χ4n) is 6.26. The van der Waals surface area contributed by atoms with Gasteiger partial charge in [0.1, 0.15) is 11.7 Å². The van der Waals surface area contributed by atoms with Gasteiger partial charge in [-0.2, -0.15) is 0 Å². The molecule has 0 bridgehead atoms. The first-order valence-electron chi connectivity index (χ1n) is 12.9. The lowest BCUT2D eigenvalue weighted by Crippen LogP contribution is -2.40. The molecule has 4 aromatic carbocycles. The molecule has 0 spiro atoms. The lowest BCUT2D eigenvalue weighted by Gasteiger charge is -2.40. The number of benzene rings is 4. The first-order valence-corrected chi connectivity index (χ1v) is 12.9. The smallest absolute Gasteiger partial charge is 0.317 e. The van der Waals surface area contributed by atoms with Crippen LogP contribution in [-0.4, -0.2) is 30.8 Å². The molecule has 2 heterocycles. The average Bonchev–Trinajstić information content (AvgIpc) is 3.44. The predicted molar refractivity (Wildman–Crippen MR) is 145 cm³/mol. The Morgan fingerprint density at radius 1 is 0.949 bits per heavy atom. The third-order valence-electron chi connectivity index (χ3n) is 8.04. The van der Waals surface area contributed by atoms with E-state index < -0.39 is 23.7 Å². The maximum Gasteiger partial charge on any atom is 0.317 e. The Hall–Kier alpha value is -4.78. The Morgan fingerprint density at radius 2 is 1.72 bits per heavy atom. The number of ether oxygens (including phenoxy) is 3. The maximum atomic E-state index is 14.5. The van der Waals surface area contributed by atoms with Crippen LogP contribution in [0, 0.1) is 5.92 Å². The molecule has 0 radical (unpaired) electrons. The van der Waals surface area contributed by atoms with Crippen molar-refractivity contribution in [1.82, 2.24) is 0 Å². The van der Waals surface area contributed by atoms with Crippen LogP contribution >= 0.6 is 0 Å². The summed E-state index contributed by atoms with van der Waals surface area (Å²) in [5.41, 5.74) is 4.88. The molecule has 0 saturated heterocycles. The predicted octanol–water partition coefficient (Wildman–Crippen LogP) is 5.63. The molecule has 0 unspecified atom stereocenters. The second-order valence-corrected chi connectivity index (χ2v) is 10.1. The molecule has 2 aliphatic heterocycles. The van der Waals surface area contributed by atoms with Gasteiger partial charge in [-0.25, -0.2) is 0 Å². The SMILES string of the molecule is COC(=O)[C@H]1C(=O)C2=C(C[C@H]1c1ccc3c(c1)OCO3)Nc1ccc3ccccc3c1[C@H]2c1ccc(O)cc1. The van der Waals surface area contributed by atoms with Gasteiger partial charge in [0.05, 0.1) is 7.11 Å². The number of ketones is 1. The van der Waals surface area contributed by atoms with Crippen molar-refractivity contribution in [2.75, 3.05) is 19.2 Å². The van der Waals surface area contributed by atoms with E-state index in [1.54, 1.807) is 12.1 Å². The average molecular weight is 520 g/mol. The lowest BCUT2D eigenvalue weighted by molar-refractivity contribution is -0.149. The highest BCUT2D eigenvalue weighted by Crippen LogP contribution is 2.52. The van der Waals surface area contributed by atoms with Crippen LogP contribution in [0.3, 0.4) is 0 Å². The van der Waals surface area contributed by atoms with Gasteiger partial charge < -0.3 is 24.6 Å². The number of rotatable bonds is 3. The quantitative estimate of drug-likeness (QED) is 0.268. The normalized spacial score (nSPS) is 21.3. The van der Waals surface area contributed by atoms with Crippen molar-refractivity contribution in [3.05, 3.63) is 107 Å². The second kappa shape index (κ2) is 8.91. The molecule has 0 fully saturated rings. The fraction of sp³-hybridized carbons (Fsp3) is 0.188. The number of fused-ring (bicyclic) bond motifs is 4. The minimum atomic E-state index is -1.02. The number of hydrogen-bond acceptors (Lipinski definition) is 7. The molecule has 7 rings (SSSR count). The fourth-order valence-corrected chi connectivity index (χ4v) is 6.26. The van der Waals surface area contributed by atoms with E-state index in [1.165, 1.54) is 7.11 Å². The van der Waals surface area contributed by atoms with Crippen molar-refractivity contribution < 1.29 is 28.9 Å². The molecule has 7 heteroatoms. The number of phenols is 1. The summed E-state index contributed by atoms with van der Waals surface area (Å²) in [4.78, 5) is 27.7. The molecule has 4 aromatic rings. The number of allylic oxidation sites excluding steroid dienone is 2. The molecule has 39 heavy (non-hydrogen) atoms. The topological polar surface area (TPSA) is 94.1 Å². The van der Waals surface area contributed by atoms with Crippen molar-refractivity contribution in [1.29, 1.82) is 0 Å². The van der Waals surface area contributed by atoms with Crippen LogP contribution in [0.1, 0.15) is 34.9 Å². The number of nitrogens with one attached hydrogen (secondary N) is 1. The molecule has 194 valence electrons. The van der Waals surface area contributed by atoms with Crippen LogP contribution in [0.15, 0.2) is 90.1 Å². The zero-order chi connectivity index (χ0) is 26.7. The van der Waals surface area contributed by atoms with Gasteiger partial charge in [-0.05, 0) is 64.2 Å². The van der Waals surface area contributed by atoms with Crippen molar-refractivity contribution >= 4 is 28.2 Å². The summed E-state index contributed by atoms with van der Waals surface area (Å²) in [5.74, 6) is -1.36. The number of aromatic hydroxyl groups is 1. The van der Waals surface area contributed by atoms with Gasteiger partial charge in [0.15, 0.2) is 17.3 Å². The zero-order valence-corrected chi connectivity index (χ0v) is 21.1. The Labute approximate surface area is 224 Å². The van der Waals surface area contributed by atoms with E-state index in [4.69, 9.17) is 14.2 Å². The first-order chi connectivity index (χ1) is 19.0. The summed E-state index contributed by atoms with van der Waals surface area (Å²) in [5, 5.41) is 15.6. The van der Waals surface area contributed by atoms with Crippen LogP contribution < -0.4 is 14.8 Å². The van der Waals surface area contributed by atoms with Gasteiger partial charge >= 0.3 is 5.97 Å². The molecule has 7 nitrogen and oxygen atoms in total. The largest absolute Gasteiger partial charge is 0.508 e. The van der Waals surface area contributed by atoms with Gasteiger partial charge in [-0.1, -0.05) is 48.5 Å². The van der Waals surface area contributed by atoms with E-state index in [1.807, 2.05) is 54.6 Å². The highest BCUT2D eigenvalue weighted by atomic mass is 16.7. The summed E-state index contributed by atoms with van der Waals surface area (Å²) in [6, 6.07) is 24.7. The molecule has 3 aliphatic rings. The van der Waals surface area contributed by atoms with Crippen LogP contribution in [-0.2, 0) is 14.3 Å². The number of Topliss-reactive ketones (excluding diaryl/α,β-unsaturated/α-hetero) is 1. The van der Waals surface area contributed by atoms with Crippen LogP contribution in [0.2, 0.25) is 0 Å². The molecule has 1 aliphatic carbocycles. The third-order valence-corrected chi connectivity index (χ3v) is 8.04. The van der Waals surface area contributed by atoms with Gasteiger partial charge in [-0.15, -0.1) is 0 Å². The Balaban J connectivity index is 1.44. The lowest BCUT2D eigenvalue weighted by atomic mass is 9.66. The van der Waals surface area contributed by atoms with Crippen molar-refractivity contribution in [2.45, 2.75) is 18.3 Å². The van der Waals surface area contributed by atoms with E-state index in [0.29, 0.717) is 23.5 Å². The monoisotopic (exact) mass is 519 g/mol. The molecule has 3 atom stereocenters.